The van der Waals surface area contributed by atoms with Gasteiger partial charge in [0, 0.05) is 37.4 Å². The van der Waals surface area contributed by atoms with Gasteiger partial charge in [0.15, 0.2) is 0 Å². The number of nitrogens with zero attached hydrogens (tertiary/aromatic N) is 3. The van der Waals surface area contributed by atoms with Gasteiger partial charge in [-0.1, -0.05) is 0 Å². The van der Waals surface area contributed by atoms with E-state index >= 15 is 0 Å². The summed E-state index contributed by atoms with van der Waals surface area (Å²) in [5.41, 5.74) is 9.86. The number of likely N-dealkylation sites (tertiary alicyclic amines) is 1. The van der Waals surface area contributed by atoms with Crippen molar-refractivity contribution >= 4 is 5.82 Å². The summed E-state index contributed by atoms with van der Waals surface area (Å²) in [4.78, 5) is 9.70. The van der Waals surface area contributed by atoms with Gasteiger partial charge in [-0.05, 0) is 57.3 Å². The zero-order chi connectivity index (χ0) is 14.1. The van der Waals surface area contributed by atoms with Crippen molar-refractivity contribution in [2.45, 2.75) is 44.7 Å². The summed E-state index contributed by atoms with van der Waals surface area (Å²) in [5.74, 6) is 1.11. The molecule has 4 heteroatoms. The molecular formula is C16H26N4. The van der Waals surface area contributed by atoms with Crippen LogP contribution in [0.1, 0.15) is 36.1 Å². The van der Waals surface area contributed by atoms with Crippen LogP contribution >= 0.6 is 0 Å². The number of hydrogen-bond acceptors (Lipinski definition) is 4. The first kappa shape index (κ1) is 13.8. The molecule has 2 N–H and O–H groups in total. The topological polar surface area (TPSA) is 45.4 Å². The molecule has 20 heavy (non-hydrogen) atoms. The van der Waals surface area contributed by atoms with Crippen LogP contribution in [0.15, 0.2) is 6.07 Å². The van der Waals surface area contributed by atoms with Crippen LogP contribution in [0, 0.1) is 0 Å². The predicted octanol–water partition coefficient (Wildman–Crippen LogP) is 1.56. The molecule has 0 bridgehead atoms. The normalized spacial score (nSPS) is 22.2. The summed E-state index contributed by atoms with van der Waals surface area (Å²) in [7, 11) is 4.39. The Bertz CT molecular complexity index is 486. The number of nitrogens with two attached hydrogens (primary N) is 1. The Morgan fingerprint density at radius 1 is 1.40 bits per heavy atom. The Hall–Kier alpha value is -1.13. The van der Waals surface area contributed by atoms with E-state index in [0.29, 0.717) is 12.6 Å². The van der Waals surface area contributed by atoms with E-state index in [1.165, 1.54) is 49.0 Å². The first-order chi connectivity index (χ1) is 9.69. The summed E-state index contributed by atoms with van der Waals surface area (Å²) < 4.78 is 0. The van der Waals surface area contributed by atoms with E-state index in [2.05, 4.69) is 30.0 Å². The third-order valence-electron chi connectivity index (χ3n) is 4.84. The fourth-order valence-electron chi connectivity index (χ4n) is 3.60. The Labute approximate surface area is 122 Å². The van der Waals surface area contributed by atoms with Gasteiger partial charge >= 0.3 is 0 Å². The average Bonchev–Trinajstić information content (AvgIpc) is 3.06. The summed E-state index contributed by atoms with van der Waals surface area (Å²) in [6.07, 6.45) is 6.15. The van der Waals surface area contributed by atoms with Crippen LogP contribution in [-0.4, -0.2) is 43.1 Å². The third kappa shape index (κ3) is 2.54. The summed E-state index contributed by atoms with van der Waals surface area (Å²) >= 11 is 0. The second kappa shape index (κ2) is 5.70. The molecule has 1 aromatic rings. The van der Waals surface area contributed by atoms with E-state index < -0.39 is 0 Å². The molecule has 2 aliphatic rings. The largest absolute Gasteiger partial charge is 0.358 e. The van der Waals surface area contributed by atoms with E-state index in [4.69, 9.17) is 10.7 Å². The standard InChI is InChI=1S/C16H26N4/c1-19-8-4-6-14(19)11-20(2)16-13(10-17)9-12-5-3-7-15(12)18-16/h9,14H,3-8,10-11,17H2,1-2H3. The molecule has 1 saturated heterocycles. The van der Waals surface area contributed by atoms with Crippen LogP contribution in [0.4, 0.5) is 5.82 Å². The molecule has 1 aliphatic carbocycles. The van der Waals surface area contributed by atoms with Crippen LogP contribution in [0.2, 0.25) is 0 Å². The number of aryl methyl sites for hydroxylation is 2. The van der Waals surface area contributed by atoms with Gasteiger partial charge in [-0.3, -0.25) is 0 Å². The van der Waals surface area contributed by atoms with Gasteiger partial charge in [-0.25, -0.2) is 4.98 Å². The maximum Gasteiger partial charge on any atom is 0.133 e. The number of hydrogen-bond donors (Lipinski definition) is 1. The minimum absolute atomic E-state index is 0.584. The molecule has 1 aliphatic heterocycles. The van der Waals surface area contributed by atoms with E-state index in [9.17, 15) is 0 Å². The monoisotopic (exact) mass is 274 g/mol. The van der Waals surface area contributed by atoms with Gasteiger partial charge < -0.3 is 15.5 Å². The smallest absolute Gasteiger partial charge is 0.133 e. The quantitative estimate of drug-likeness (QED) is 0.905. The molecule has 1 unspecified atom stereocenters. The molecule has 0 aromatic carbocycles. The van der Waals surface area contributed by atoms with E-state index in [1.807, 2.05) is 0 Å². The van der Waals surface area contributed by atoms with Gasteiger partial charge in [0.05, 0.1) is 0 Å². The Morgan fingerprint density at radius 3 is 2.95 bits per heavy atom. The number of likely N-dealkylation sites (N-methyl/N-ethyl adjacent to an activating group) is 2. The predicted molar refractivity (Wildman–Crippen MR) is 83.1 cm³/mol. The molecule has 0 radical (unpaired) electrons. The van der Waals surface area contributed by atoms with E-state index in [-0.39, 0.29) is 0 Å². The molecule has 1 aromatic heterocycles. The number of pyridine rings is 1. The minimum atomic E-state index is 0.584. The maximum atomic E-state index is 5.94. The van der Waals surface area contributed by atoms with E-state index in [1.54, 1.807) is 0 Å². The molecular weight excluding hydrogens is 248 g/mol. The van der Waals surface area contributed by atoms with Crippen molar-refractivity contribution in [2.75, 3.05) is 32.1 Å². The van der Waals surface area contributed by atoms with Gasteiger partial charge in [0.1, 0.15) is 5.82 Å². The van der Waals surface area contributed by atoms with E-state index in [0.717, 1.165) is 18.8 Å². The maximum absolute atomic E-state index is 5.94. The molecule has 1 atom stereocenters. The Morgan fingerprint density at radius 2 is 2.25 bits per heavy atom. The highest BCUT2D eigenvalue weighted by Gasteiger charge is 2.24. The minimum Gasteiger partial charge on any atom is -0.358 e. The Kier molecular flexibility index (Phi) is 3.94. The van der Waals surface area contributed by atoms with Crippen LogP contribution in [0.3, 0.4) is 0 Å². The van der Waals surface area contributed by atoms with Crippen molar-refractivity contribution in [2.24, 2.45) is 5.73 Å². The number of fused-ring (bicyclic) bond motifs is 1. The third-order valence-corrected chi connectivity index (χ3v) is 4.84. The van der Waals surface area contributed by atoms with Crippen LogP contribution in [-0.2, 0) is 19.4 Å². The summed E-state index contributed by atoms with van der Waals surface area (Å²) in [6, 6.07) is 2.94. The van der Waals surface area contributed by atoms with Crippen molar-refractivity contribution in [1.29, 1.82) is 0 Å². The van der Waals surface area contributed by atoms with Gasteiger partial charge in [0.25, 0.3) is 0 Å². The van der Waals surface area contributed by atoms with Crippen LogP contribution in [0.5, 0.6) is 0 Å². The molecule has 1 fully saturated rings. The highest BCUT2D eigenvalue weighted by molar-refractivity contribution is 5.50. The van der Waals surface area contributed by atoms with Crippen molar-refractivity contribution in [3.63, 3.8) is 0 Å². The van der Waals surface area contributed by atoms with Gasteiger partial charge in [0.2, 0.25) is 0 Å². The van der Waals surface area contributed by atoms with Crippen molar-refractivity contribution < 1.29 is 0 Å². The van der Waals surface area contributed by atoms with Crippen LogP contribution < -0.4 is 10.6 Å². The zero-order valence-electron chi connectivity index (χ0n) is 12.7. The summed E-state index contributed by atoms with van der Waals surface area (Å²) in [6.45, 7) is 2.86. The SMILES string of the molecule is CN(CC1CCCN1C)c1nc2c(cc1CN)CCC2. The molecule has 0 spiro atoms. The van der Waals surface area contributed by atoms with Gasteiger partial charge in [-0.2, -0.15) is 0 Å². The average molecular weight is 274 g/mol. The second-order valence-electron chi connectivity index (χ2n) is 6.29. The first-order valence-corrected chi connectivity index (χ1v) is 7.82. The van der Waals surface area contributed by atoms with Crippen molar-refractivity contribution in [3.8, 4) is 0 Å². The molecule has 4 nitrogen and oxygen atoms in total. The van der Waals surface area contributed by atoms with Crippen LogP contribution in [0.25, 0.3) is 0 Å². The lowest BCUT2D eigenvalue weighted by molar-refractivity contribution is 0.314. The highest BCUT2D eigenvalue weighted by Crippen LogP contribution is 2.27. The number of aromatic nitrogens is 1. The molecule has 0 amide bonds. The molecule has 0 saturated carbocycles. The molecule has 110 valence electrons. The fourth-order valence-corrected chi connectivity index (χ4v) is 3.60. The number of rotatable bonds is 4. The second-order valence-corrected chi connectivity index (χ2v) is 6.29. The first-order valence-electron chi connectivity index (χ1n) is 7.82. The molecule has 3 rings (SSSR count). The summed E-state index contributed by atoms with van der Waals surface area (Å²) in [5, 5.41) is 0. The van der Waals surface area contributed by atoms with Gasteiger partial charge in [-0.15, -0.1) is 0 Å². The van der Waals surface area contributed by atoms with Crippen molar-refractivity contribution in [1.82, 2.24) is 9.88 Å². The zero-order valence-corrected chi connectivity index (χ0v) is 12.7. The lowest BCUT2D eigenvalue weighted by atomic mass is 10.1. The fraction of sp³-hybridized carbons (Fsp3) is 0.688. The molecule has 2 heterocycles. The lowest BCUT2D eigenvalue weighted by Gasteiger charge is -2.28. The van der Waals surface area contributed by atoms with Crippen molar-refractivity contribution in [3.05, 3.63) is 22.9 Å². The number of anilines is 1. The highest BCUT2D eigenvalue weighted by atomic mass is 15.2. The lowest BCUT2D eigenvalue weighted by Crippen LogP contribution is -2.37. The Balaban J connectivity index is 1.81.